The van der Waals surface area contributed by atoms with Crippen LogP contribution < -0.4 is 4.74 Å². The maximum Gasteiger partial charge on any atom is 0.125 e. The molecule has 120 valence electrons. The Morgan fingerprint density at radius 2 is 1.57 bits per heavy atom. The monoisotopic (exact) mass is 292 g/mol. The van der Waals surface area contributed by atoms with Gasteiger partial charge in [-0.05, 0) is 41.2 Å². The summed E-state index contributed by atoms with van der Waals surface area (Å²) >= 11 is 0. The molecule has 0 aliphatic heterocycles. The van der Waals surface area contributed by atoms with Gasteiger partial charge in [0.25, 0.3) is 0 Å². The number of aliphatic hydroxyl groups excluding tert-OH is 1. The molecule has 0 spiro atoms. The molecule has 0 heterocycles. The van der Waals surface area contributed by atoms with E-state index in [4.69, 9.17) is 9.84 Å². The van der Waals surface area contributed by atoms with Gasteiger partial charge in [-0.25, -0.2) is 0 Å². The van der Waals surface area contributed by atoms with Crippen LogP contribution in [0.4, 0.5) is 0 Å². The number of methoxy groups -OCH3 is 1. The summed E-state index contributed by atoms with van der Waals surface area (Å²) in [4.78, 5) is 0. The molecule has 0 unspecified atom stereocenters. The van der Waals surface area contributed by atoms with E-state index in [9.17, 15) is 0 Å². The fourth-order valence-electron chi connectivity index (χ4n) is 2.53. The zero-order valence-corrected chi connectivity index (χ0v) is 14.8. The van der Waals surface area contributed by atoms with E-state index < -0.39 is 0 Å². The smallest absolute Gasteiger partial charge is 0.125 e. The van der Waals surface area contributed by atoms with Crippen LogP contribution in [0.2, 0.25) is 0 Å². The predicted octanol–water partition coefficient (Wildman–Crippen LogP) is 4.61. The molecule has 0 atom stereocenters. The van der Waals surface area contributed by atoms with Crippen LogP contribution in [-0.2, 0) is 17.3 Å². The first-order valence-electron chi connectivity index (χ1n) is 7.94. The summed E-state index contributed by atoms with van der Waals surface area (Å²) in [6, 6.07) is 4.58. The highest BCUT2D eigenvalue weighted by atomic mass is 16.5. The molecule has 1 N–H and O–H groups in total. The molecule has 0 aliphatic carbocycles. The Morgan fingerprint density at radius 1 is 0.952 bits per heavy atom. The maximum absolute atomic E-state index is 9.01. The van der Waals surface area contributed by atoms with E-state index in [-0.39, 0.29) is 17.4 Å². The maximum atomic E-state index is 9.01. The SMILES string of the molecule is COc1c(CCCCO)cc(C(C)(C)C)cc1C(C)(C)C. The molecule has 2 heteroatoms. The van der Waals surface area contributed by atoms with Gasteiger partial charge in [0.2, 0.25) is 0 Å². The number of rotatable bonds is 5. The van der Waals surface area contributed by atoms with Gasteiger partial charge in [0.1, 0.15) is 5.75 Å². The van der Waals surface area contributed by atoms with Gasteiger partial charge >= 0.3 is 0 Å². The summed E-state index contributed by atoms with van der Waals surface area (Å²) in [6.45, 7) is 13.7. The lowest BCUT2D eigenvalue weighted by Crippen LogP contribution is -2.18. The third-order valence-electron chi connectivity index (χ3n) is 3.90. The lowest BCUT2D eigenvalue weighted by molar-refractivity contribution is 0.284. The first-order chi connectivity index (χ1) is 9.61. The molecule has 2 nitrogen and oxygen atoms in total. The van der Waals surface area contributed by atoms with Gasteiger partial charge in [-0.3, -0.25) is 0 Å². The number of ether oxygens (including phenoxy) is 1. The van der Waals surface area contributed by atoms with Gasteiger partial charge in [0, 0.05) is 12.2 Å². The molecule has 0 radical (unpaired) electrons. The Bertz CT molecular complexity index is 462. The minimum absolute atomic E-state index is 0.0539. The van der Waals surface area contributed by atoms with E-state index in [1.54, 1.807) is 7.11 Å². The Kier molecular flexibility index (Phi) is 5.86. The fraction of sp³-hybridized carbons (Fsp3) is 0.684. The van der Waals surface area contributed by atoms with Gasteiger partial charge in [0.05, 0.1) is 7.11 Å². The average molecular weight is 292 g/mol. The molecule has 1 rings (SSSR count). The topological polar surface area (TPSA) is 29.5 Å². The standard InChI is InChI=1S/C19H32O2/c1-18(2,3)15-12-14(10-8-9-11-20)17(21-7)16(13-15)19(4,5)6/h12-13,20H,8-11H2,1-7H3. The minimum Gasteiger partial charge on any atom is -0.496 e. The van der Waals surface area contributed by atoms with E-state index in [2.05, 4.69) is 53.7 Å². The van der Waals surface area contributed by atoms with Gasteiger partial charge in [0.15, 0.2) is 0 Å². The van der Waals surface area contributed by atoms with Gasteiger partial charge in [-0.1, -0.05) is 53.7 Å². The number of hydrogen-bond donors (Lipinski definition) is 1. The Hall–Kier alpha value is -1.02. The number of benzene rings is 1. The van der Waals surface area contributed by atoms with Crippen molar-refractivity contribution in [2.75, 3.05) is 13.7 Å². The number of unbranched alkanes of at least 4 members (excludes halogenated alkanes) is 1. The molecule has 21 heavy (non-hydrogen) atoms. The highest BCUT2D eigenvalue weighted by molar-refractivity contribution is 5.49. The second-order valence-electron chi connectivity index (χ2n) is 7.90. The van der Waals surface area contributed by atoms with Crippen LogP contribution in [0.3, 0.4) is 0 Å². The van der Waals surface area contributed by atoms with Crippen LogP contribution >= 0.6 is 0 Å². The molecular formula is C19H32O2. The minimum atomic E-state index is 0.0539. The summed E-state index contributed by atoms with van der Waals surface area (Å²) in [5.41, 5.74) is 4.07. The molecule has 0 saturated carbocycles. The van der Waals surface area contributed by atoms with Crippen LogP contribution in [0.15, 0.2) is 12.1 Å². The lowest BCUT2D eigenvalue weighted by atomic mass is 9.78. The molecule has 1 aromatic rings. The molecule has 0 fully saturated rings. The molecule has 0 bridgehead atoms. The lowest BCUT2D eigenvalue weighted by Gasteiger charge is -2.29. The number of hydrogen-bond acceptors (Lipinski definition) is 2. The summed E-state index contributed by atoms with van der Waals surface area (Å²) in [5, 5.41) is 9.01. The first-order valence-corrected chi connectivity index (χ1v) is 7.94. The summed E-state index contributed by atoms with van der Waals surface area (Å²) in [6.07, 6.45) is 2.79. The Morgan fingerprint density at radius 3 is 2.00 bits per heavy atom. The average Bonchev–Trinajstić information content (AvgIpc) is 2.35. The third-order valence-corrected chi connectivity index (χ3v) is 3.90. The third kappa shape index (κ3) is 4.74. The Balaban J connectivity index is 3.38. The molecule has 0 aliphatic rings. The van der Waals surface area contributed by atoms with Crippen molar-refractivity contribution in [2.45, 2.75) is 71.6 Å². The van der Waals surface area contributed by atoms with Gasteiger partial charge < -0.3 is 9.84 Å². The second kappa shape index (κ2) is 6.83. The Labute approximate surface area is 130 Å². The zero-order valence-electron chi connectivity index (χ0n) is 14.8. The van der Waals surface area contributed by atoms with E-state index >= 15 is 0 Å². The van der Waals surface area contributed by atoms with Crippen molar-refractivity contribution < 1.29 is 9.84 Å². The van der Waals surface area contributed by atoms with Crippen LogP contribution in [0.1, 0.15) is 71.1 Å². The van der Waals surface area contributed by atoms with Crippen molar-refractivity contribution >= 4 is 0 Å². The zero-order chi connectivity index (χ0) is 16.3. The molecule has 0 saturated heterocycles. The quantitative estimate of drug-likeness (QED) is 0.803. The summed E-state index contributed by atoms with van der Waals surface area (Å²) in [5.74, 6) is 1.02. The van der Waals surface area contributed by atoms with E-state index in [1.807, 2.05) is 0 Å². The molecule has 0 amide bonds. The second-order valence-corrected chi connectivity index (χ2v) is 7.90. The first kappa shape index (κ1) is 18.0. The normalized spacial score (nSPS) is 12.6. The number of aryl methyl sites for hydroxylation is 1. The largest absolute Gasteiger partial charge is 0.496 e. The highest BCUT2D eigenvalue weighted by Crippen LogP contribution is 2.38. The van der Waals surface area contributed by atoms with Crippen molar-refractivity contribution in [3.8, 4) is 5.75 Å². The van der Waals surface area contributed by atoms with Crippen molar-refractivity contribution in [3.05, 3.63) is 28.8 Å². The summed E-state index contributed by atoms with van der Waals surface area (Å²) in [7, 11) is 1.76. The summed E-state index contributed by atoms with van der Waals surface area (Å²) < 4.78 is 5.74. The van der Waals surface area contributed by atoms with Crippen LogP contribution in [0, 0.1) is 0 Å². The van der Waals surface area contributed by atoms with Gasteiger partial charge in [-0.15, -0.1) is 0 Å². The van der Waals surface area contributed by atoms with Crippen LogP contribution in [-0.4, -0.2) is 18.8 Å². The van der Waals surface area contributed by atoms with E-state index in [0.29, 0.717) is 0 Å². The van der Waals surface area contributed by atoms with E-state index in [1.165, 1.54) is 16.7 Å². The van der Waals surface area contributed by atoms with Gasteiger partial charge in [-0.2, -0.15) is 0 Å². The van der Waals surface area contributed by atoms with Crippen molar-refractivity contribution in [2.24, 2.45) is 0 Å². The van der Waals surface area contributed by atoms with Crippen molar-refractivity contribution in [3.63, 3.8) is 0 Å². The van der Waals surface area contributed by atoms with E-state index in [0.717, 1.165) is 25.0 Å². The van der Waals surface area contributed by atoms with Crippen molar-refractivity contribution in [1.29, 1.82) is 0 Å². The van der Waals surface area contributed by atoms with Crippen LogP contribution in [0.5, 0.6) is 5.75 Å². The molecule has 1 aromatic carbocycles. The van der Waals surface area contributed by atoms with Crippen molar-refractivity contribution in [1.82, 2.24) is 0 Å². The van der Waals surface area contributed by atoms with Crippen LogP contribution in [0.25, 0.3) is 0 Å². The molecular weight excluding hydrogens is 260 g/mol. The number of aliphatic hydroxyl groups is 1. The molecule has 0 aromatic heterocycles. The predicted molar refractivity (Wildman–Crippen MR) is 90.4 cm³/mol. The highest BCUT2D eigenvalue weighted by Gasteiger charge is 2.25. The fourth-order valence-corrected chi connectivity index (χ4v) is 2.53.